The summed E-state index contributed by atoms with van der Waals surface area (Å²) in [5.41, 5.74) is 0.559. The number of ether oxygens (including phenoxy) is 1. The molecule has 2 rings (SSSR count). The predicted octanol–water partition coefficient (Wildman–Crippen LogP) is 1.96. The lowest BCUT2D eigenvalue weighted by molar-refractivity contribution is 0.0679. The van der Waals surface area contributed by atoms with E-state index in [1.54, 1.807) is 18.3 Å². The molecule has 1 unspecified atom stereocenters. The van der Waals surface area contributed by atoms with Crippen LogP contribution in [-0.4, -0.2) is 36.0 Å². The third-order valence-corrected chi connectivity index (χ3v) is 3.14. The van der Waals surface area contributed by atoms with Gasteiger partial charge in [0.25, 0.3) is 5.91 Å². The van der Waals surface area contributed by atoms with E-state index in [-0.39, 0.29) is 5.91 Å². The lowest BCUT2D eigenvalue weighted by Crippen LogP contribution is -2.39. The Bertz CT molecular complexity index is 406. The third kappa shape index (κ3) is 2.57. The number of carbonyl (C=O) groups excluding carboxylic acids is 1. The fourth-order valence-corrected chi connectivity index (χ4v) is 2.26. The van der Waals surface area contributed by atoms with Crippen molar-refractivity contribution in [2.45, 2.75) is 19.8 Å². The van der Waals surface area contributed by atoms with Gasteiger partial charge in [0, 0.05) is 19.3 Å². The Morgan fingerprint density at radius 1 is 1.59 bits per heavy atom. The van der Waals surface area contributed by atoms with Crippen LogP contribution in [0, 0.1) is 5.92 Å². The Hall–Kier alpha value is -1.58. The number of aromatic nitrogens is 1. The normalized spacial score (nSPS) is 20.1. The van der Waals surface area contributed by atoms with E-state index in [1.807, 2.05) is 4.90 Å². The van der Waals surface area contributed by atoms with Gasteiger partial charge in [-0.25, -0.2) is 4.98 Å². The maximum absolute atomic E-state index is 12.3. The molecule has 1 atom stereocenters. The largest absolute Gasteiger partial charge is 0.480 e. The standard InChI is InChI=1S/C13H18N2O2/c1-10-5-4-8-15(9-10)13(16)11-6-3-7-14-12(11)17-2/h3,6-7,10H,4-5,8-9H2,1-2H3. The molecule has 4 nitrogen and oxygen atoms in total. The van der Waals surface area contributed by atoms with Crippen molar-refractivity contribution in [3.8, 4) is 5.88 Å². The molecule has 1 fully saturated rings. The van der Waals surface area contributed by atoms with Crippen molar-refractivity contribution in [1.29, 1.82) is 0 Å². The van der Waals surface area contributed by atoms with Gasteiger partial charge in [-0.2, -0.15) is 0 Å². The lowest BCUT2D eigenvalue weighted by atomic mass is 10.00. The SMILES string of the molecule is COc1ncccc1C(=O)N1CCCC(C)C1. The number of hydrogen-bond acceptors (Lipinski definition) is 3. The second-order valence-corrected chi connectivity index (χ2v) is 4.56. The highest BCUT2D eigenvalue weighted by Gasteiger charge is 2.24. The van der Waals surface area contributed by atoms with E-state index in [1.165, 1.54) is 13.5 Å². The number of likely N-dealkylation sites (tertiary alicyclic amines) is 1. The van der Waals surface area contributed by atoms with Gasteiger partial charge in [-0.05, 0) is 30.9 Å². The summed E-state index contributed by atoms with van der Waals surface area (Å²) in [6.07, 6.45) is 3.91. The van der Waals surface area contributed by atoms with Crippen molar-refractivity contribution in [1.82, 2.24) is 9.88 Å². The molecule has 17 heavy (non-hydrogen) atoms. The molecule has 0 saturated carbocycles. The highest BCUT2D eigenvalue weighted by atomic mass is 16.5. The number of nitrogens with zero attached hydrogens (tertiary/aromatic N) is 2. The molecule has 92 valence electrons. The smallest absolute Gasteiger partial charge is 0.259 e. The quantitative estimate of drug-likeness (QED) is 0.785. The molecule has 0 N–H and O–H groups in total. The average molecular weight is 234 g/mol. The molecular formula is C13H18N2O2. The maximum Gasteiger partial charge on any atom is 0.259 e. The number of carbonyl (C=O) groups is 1. The van der Waals surface area contributed by atoms with E-state index in [0.717, 1.165) is 19.5 Å². The molecule has 1 aromatic heterocycles. The Morgan fingerprint density at radius 2 is 2.41 bits per heavy atom. The van der Waals surface area contributed by atoms with Crippen molar-refractivity contribution in [2.24, 2.45) is 5.92 Å². The summed E-state index contributed by atoms with van der Waals surface area (Å²) in [4.78, 5) is 18.3. The number of amides is 1. The summed E-state index contributed by atoms with van der Waals surface area (Å²) in [7, 11) is 1.54. The van der Waals surface area contributed by atoms with Gasteiger partial charge >= 0.3 is 0 Å². The van der Waals surface area contributed by atoms with E-state index in [9.17, 15) is 4.79 Å². The van der Waals surface area contributed by atoms with E-state index < -0.39 is 0 Å². The second kappa shape index (κ2) is 5.17. The van der Waals surface area contributed by atoms with Crippen LogP contribution in [-0.2, 0) is 0 Å². The molecule has 4 heteroatoms. The molecule has 0 radical (unpaired) electrons. The molecule has 0 aromatic carbocycles. The lowest BCUT2D eigenvalue weighted by Gasteiger charge is -2.31. The van der Waals surface area contributed by atoms with Gasteiger partial charge < -0.3 is 9.64 Å². The molecule has 1 aliphatic rings. The highest BCUT2D eigenvalue weighted by Crippen LogP contribution is 2.21. The van der Waals surface area contributed by atoms with E-state index in [2.05, 4.69) is 11.9 Å². The Labute approximate surface area is 102 Å². The van der Waals surface area contributed by atoms with Crippen molar-refractivity contribution in [3.63, 3.8) is 0 Å². The summed E-state index contributed by atoms with van der Waals surface area (Å²) in [5, 5.41) is 0. The first-order chi connectivity index (χ1) is 8.22. The molecule has 1 amide bonds. The van der Waals surface area contributed by atoms with Gasteiger partial charge in [0.1, 0.15) is 5.56 Å². The minimum atomic E-state index is 0.0292. The van der Waals surface area contributed by atoms with Crippen molar-refractivity contribution in [3.05, 3.63) is 23.9 Å². The monoisotopic (exact) mass is 234 g/mol. The first-order valence-corrected chi connectivity index (χ1v) is 6.00. The average Bonchev–Trinajstić information content (AvgIpc) is 2.38. The van der Waals surface area contributed by atoms with Crippen LogP contribution >= 0.6 is 0 Å². The maximum atomic E-state index is 12.3. The second-order valence-electron chi connectivity index (χ2n) is 4.56. The summed E-state index contributed by atoms with van der Waals surface area (Å²) >= 11 is 0. The Balaban J connectivity index is 2.18. The van der Waals surface area contributed by atoms with E-state index in [4.69, 9.17) is 4.74 Å². The van der Waals surface area contributed by atoms with Crippen LogP contribution in [0.2, 0.25) is 0 Å². The van der Waals surface area contributed by atoms with Crippen LogP contribution in [0.5, 0.6) is 5.88 Å². The van der Waals surface area contributed by atoms with Gasteiger partial charge in [-0.3, -0.25) is 4.79 Å². The molecule has 0 aliphatic carbocycles. The third-order valence-electron chi connectivity index (χ3n) is 3.14. The molecule has 0 bridgehead atoms. The number of methoxy groups -OCH3 is 1. The fraction of sp³-hybridized carbons (Fsp3) is 0.538. The zero-order valence-corrected chi connectivity index (χ0v) is 10.3. The number of pyridine rings is 1. The summed E-state index contributed by atoms with van der Waals surface area (Å²) in [6.45, 7) is 3.85. The summed E-state index contributed by atoms with van der Waals surface area (Å²) in [6, 6.07) is 3.54. The first-order valence-electron chi connectivity index (χ1n) is 6.00. The molecule has 1 aliphatic heterocycles. The van der Waals surface area contributed by atoms with Crippen LogP contribution in [0.1, 0.15) is 30.1 Å². The molecule has 0 spiro atoms. The van der Waals surface area contributed by atoms with Gasteiger partial charge in [0.15, 0.2) is 0 Å². The van der Waals surface area contributed by atoms with Crippen molar-refractivity contribution in [2.75, 3.05) is 20.2 Å². The topological polar surface area (TPSA) is 42.4 Å². The zero-order chi connectivity index (χ0) is 12.3. The predicted molar refractivity (Wildman–Crippen MR) is 65.1 cm³/mol. The molecule has 1 saturated heterocycles. The highest BCUT2D eigenvalue weighted by molar-refractivity contribution is 5.96. The van der Waals surface area contributed by atoms with Gasteiger partial charge in [-0.15, -0.1) is 0 Å². The van der Waals surface area contributed by atoms with Crippen LogP contribution in [0.25, 0.3) is 0 Å². The fourth-order valence-electron chi connectivity index (χ4n) is 2.26. The Morgan fingerprint density at radius 3 is 3.12 bits per heavy atom. The van der Waals surface area contributed by atoms with E-state index >= 15 is 0 Å². The molecular weight excluding hydrogens is 216 g/mol. The summed E-state index contributed by atoms with van der Waals surface area (Å²) < 4.78 is 5.13. The van der Waals surface area contributed by atoms with Gasteiger partial charge in [0.05, 0.1) is 7.11 Å². The number of hydrogen-bond donors (Lipinski definition) is 0. The van der Waals surface area contributed by atoms with E-state index in [0.29, 0.717) is 17.4 Å². The first kappa shape index (κ1) is 11.9. The number of rotatable bonds is 2. The van der Waals surface area contributed by atoms with Gasteiger partial charge in [0.2, 0.25) is 5.88 Å². The van der Waals surface area contributed by atoms with Crippen LogP contribution in [0.4, 0.5) is 0 Å². The number of piperidine rings is 1. The van der Waals surface area contributed by atoms with Crippen LogP contribution in [0.3, 0.4) is 0 Å². The Kier molecular flexibility index (Phi) is 3.61. The van der Waals surface area contributed by atoms with Crippen molar-refractivity contribution >= 4 is 5.91 Å². The van der Waals surface area contributed by atoms with Crippen molar-refractivity contribution < 1.29 is 9.53 Å². The molecule has 2 heterocycles. The van der Waals surface area contributed by atoms with Crippen LogP contribution in [0.15, 0.2) is 18.3 Å². The minimum Gasteiger partial charge on any atom is -0.480 e. The minimum absolute atomic E-state index is 0.0292. The molecule has 1 aromatic rings. The zero-order valence-electron chi connectivity index (χ0n) is 10.3. The van der Waals surface area contributed by atoms with Crippen LogP contribution < -0.4 is 4.74 Å². The summed E-state index contributed by atoms with van der Waals surface area (Å²) in [5.74, 6) is 1.02. The van der Waals surface area contributed by atoms with Gasteiger partial charge in [-0.1, -0.05) is 6.92 Å².